The van der Waals surface area contributed by atoms with E-state index in [1.807, 2.05) is 11.9 Å². The fourth-order valence-electron chi connectivity index (χ4n) is 2.19. The van der Waals surface area contributed by atoms with E-state index in [0.717, 1.165) is 0 Å². The lowest BCUT2D eigenvalue weighted by atomic mass is 10.2. The predicted molar refractivity (Wildman–Crippen MR) is 108 cm³/mol. The molecular weight excluding hydrogens is 455 g/mol. The number of rotatable bonds is 6. The third-order valence-corrected chi connectivity index (χ3v) is 3.56. The van der Waals surface area contributed by atoms with E-state index in [9.17, 15) is 13.9 Å². The van der Waals surface area contributed by atoms with Crippen LogP contribution in [0.2, 0.25) is 0 Å². The molecule has 0 heterocycles. The van der Waals surface area contributed by atoms with Crippen molar-refractivity contribution >= 4 is 29.9 Å². The van der Waals surface area contributed by atoms with E-state index in [2.05, 4.69) is 10.3 Å². The largest absolute Gasteiger partial charge is 0.505 e. The highest BCUT2D eigenvalue weighted by atomic mass is 127. The van der Waals surface area contributed by atoms with E-state index >= 15 is 0 Å². The normalized spacial score (nSPS) is 10.8. The molecule has 2 rings (SSSR count). The predicted octanol–water partition coefficient (Wildman–Crippen LogP) is 3.37. The minimum Gasteiger partial charge on any atom is -0.505 e. The molecule has 142 valence electrons. The Morgan fingerprint density at radius 2 is 1.92 bits per heavy atom. The second kappa shape index (κ2) is 10.8. The van der Waals surface area contributed by atoms with E-state index in [0.29, 0.717) is 24.6 Å². The van der Waals surface area contributed by atoms with E-state index in [-0.39, 0.29) is 42.1 Å². The first-order valence-corrected chi connectivity index (χ1v) is 7.77. The van der Waals surface area contributed by atoms with Gasteiger partial charge in [0.25, 0.3) is 0 Å². The van der Waals surface area contributed by atoms with Gasteiger partial charge in [-0.3, -0.25) is 4.99 Å². The van der Waals surface area contributed by atoms with E-state index in [1.165, 1.54) is 18.2 Å². The molecule has 0 aliphatic heterocycles. The maximum Gasteiger partial charge on any atom is 0.193 e. The van der Waals surface area contributed by atoms with Crippen molar-refractivity contribution in [3.63, 3.8) is 0 Å². The quantitative estimate of drug-likeness (QED) is 0.381. The van der Waals surface area contributed by atoms with Crippen LogP contribution in [0, 0.1) is 11.6 Å². The Morgan fingerprint density at radius 1 is 1.19 bits per heavy atom. The summed E-state index contributed by atoms with van der Waals surface area (Å²) in [5, 5.41) is 12.3. The topological polar surface area (TPSA) is 57.1 Å². The number of benzene rings is 2. The highest BCUT2D eigenvalue weighted by Crippen LogP contribution is 2.16. The number of para-hydroxylation sites is 1. The number of likely N-dealkylation sites (N-methyl/N-ethyl adjacent to an activating group) is 1. The van der Waals surface area contributed by atoms with E-state index < -0.39 is 11.6 Å². The van der Waals surface area contributed by atoms with Gasteiger partial charge in [-0.2, -0.15) is 0 Å². The van der Waals surface area contributed by atoms with Gasteiger partial charge in [-0.25, -0.2) is 8.78 Å². The molecular formula is C18H22F2IN3O2. The molecule has 0 aliphatic rings. The van der Waals surface area contributed by atoms with Crippen LogP contribution in [0.4, 0.5) is 8.78 Å². The fraction of sp³-hybridized carbons (Fsp3) is 0.278. The van der Waals surface area contributed by atoms with Crippen LogP contribution in [0.25, 0.3) is 0 Å². The molecule has 0 saturated heterocycles. The van der Waals surface area contributed by atoms with Gasteiger partial charge in [0.1, 0.15) is 6.61 Å². The van der Waals surface area contributed by atoms with Crippen LogP contribution in [0.1, 0.15) is 5.56 Å². The number of aliphatic imine (C=N–C) groups is 1. The van der Waals surface area contributed by atoms with Gasteiger partial charge in [-0.05, 0) is 29.8 Å². The summed E-state index contributed by atoms with van der Waals surface area (Å²) in [4.78, 5) is 5.96. The number of phenolic OH excluding ortho intramolecular Hbond substituents is 1. The van der Waals surface area contributed by atoms with Crippen molar-refractivity contribution in [3.8, 4) is 11.5 Å². The molecule has 0 bridgehead atoms. The van der Waals surface area contributed by atoms with Crippen molar-refractivity contribution in [1.29, 1.82) is 0 Å². The number of hydrogen-bond acceptors (Lipinski definition) is 3. The monoisotopic (exact) mass is 477 g/mol. The molecule has 0 unspecified atom stereocenters. The molecule has 0 atom stereocenters. The fourth-order valence-corrected chi connectivity index (χ4v) is 2.19. The molecule has 0 amide bonds. The Labute approximate surface area is 168 Å². The lowest BCUT2D eigenvalue weighted by Crippen LogP contribution is -2.40. The molecule has 0 aromatic heterocycles. The van der Waals surface area contributed by atoms with Crippen LogP contribution < -0.4 is 10.1 Å². The zero-order valence-electron chi connectivity index (χ0n) is 14.6. The van der Waals surface area contributed by atoms with Gasteiger partial charge in [0.05, 0.1) is 6.54 Å². The third-order valence-electron chi connectivity index (χ3n) is 3.56. The van der Waals surface area contributed by atoms with Crippen molar-refractivity contribution < 1.29 is 18.6 Å². The number of guanidine groups is 1. The van der Waals surface area contributed by atoms with Crippen molar-refractivity contribution in [1.82, 2.24) is 10.2 Å². The first-order chi connectivity index (χ1) is 12.0. The van der Waals surface area contributed by atoms with Crippen LogP contribution >= 0.6 is 24.0 Å². The van der Waals surface area contributed by atoms with Gasteiger partial charge in [-0.1, -0.05) is 18.2 Å². The summed E-state index contributed by atoms with van der Waals surface area (Å²) in [6.45, 7) is 1.12. The van der Waals surface area contributed by atoms with Crippen LogP contribution in [-0.2, 0) is 6.54 Å². The summed E-state index contributed by atoms with van der Waals surface area (Å²) in [6, 6.07) is 10.4. The number of nitrogens with one attached hydrogen (secondary N) is 1. The highest BCUT2D eigenvalue weighted by Gasteiger charge is 2.08. The molecule has 0 fully saturated rings. The second-order valence-electron chi connectivity index (χ2n) is 5.39. The average Bonchev–Trinajstić information content (AvgIpc) is 2.60. The lowest BCUT2D eigenvalue weighted by molar-refractivity contribution is 0.270. The van der Waals surface area contributed by atoms with Crippen LogP contribution in [0.3, 0.4) is 0 Å². The minimum absolute atomic E-state index is 0. The van der Waals surface area contributed by atoms with Gasteiger partial charge in [-0.15, -0.1) is 24.0 Å². The number of ether oxygens (including phenoxy) is 1. The Balaban J connectivity index is 0.00000338. The van der Waals surface area contributed by atoms with Crippen molar-refractivity contribution in [2.45, 2.75) is 6.54 Å². The summed E-state index contributed by atoms with van der Waals surface area (Å²) < 4.78 is 32.2. The smallest absolute Gasteiger partial charge is 0.193 e. The van der Waals surface area contributed by atoms with Gasteiger partial charge >= 0.3 is 0 Å². The van der Waals surface area contributed by atoms with Crippen molar-refractivity contribution in [3.05, 3.63) is 59.7 Å². The minimum atomic E-state index is -0.666. The maximum atomic E-state index is 13.5. The van der Waals surface area contributed by atoms with Gasteiger partial charge in [0, 0.05) is 20.6 Å². The summed E-state index contributed by atoms with van der Waals surface area (Å²) in [5.41, 5.74) is 0.674. The summed E-state index contributed by atoms with van der Waals surface area (Å²) in [7, 11) is 3.45. The highest BCUT2D eigenvalue weighted by molar-refractivity contribution is 14.0. The molecule has 8 heteroatoms. The van der Waals surface area contributed by atoms with Crippen molar-refractivity contribution in [2.24, 2.45) is 4.99 Å². The molecule has 26 heavy (non-hydrogen) atoms. The first kappa shape index (κ1) is 21.9. The van der Waals surface area contributed by atoms with Gasteiger partial charge in [0.2, 0.25) is 0 Å². The molecule has 5 nitrogen and oxygen atoms in total. The van der Waals surface area contributed by atoms with E-state index in [1.54, 1.807) is 31.3 Å². The van der Waals surface area contributed by atoms with E-state index in [4.69, 9.17) is 4.74 Å². The van der Waals surface area contributed by atoms with Gasteiger partial charge < -0.3 is 20.1 Å². The van der Waals surface area contributed by atoms with Crippen molar-refractivity contribution in [2.75, 3.05) is 27.2 Å². The summed E-state index contributed by atoms with van der Waals surface area (Å²) >= 11 is 0. The number of nitrogens with zero attached hydrogens (tertiary/aromatic N) is 2. The lowest BCUT2D eigenvalue weighted by Gasteiger charge is -2.22. The third kappa shape index (κ3) is 6.32. The Kier molecular flexibility index (Phi) is 9.11. The molecule has 2 aromatic rings. The number of hydrogen-bond donors (Lipinski definition) is 2. The SMILES string of the molecule is CN=C(NCc1ccc(O)c(F)c1)N(C)CCOc1ccccc1F.I. The Bertz CT molecular complexity index is 744. The Hall–Kier alpha value is -2.10. The van der Waals surface area contributed by atoms with Gasteiger partial charge in [0.15, 0.2) is 29.1 Å². The first-order valence-electron chi connectivity index (χ1n) is 7.77. The molecule has 0 radical (unpaired) electrons. The maximum absolute atomic E-state index is 13.5. The summed E-state index contributed by atoms with van der Waals surface area (Å²) in [5.74, 6) is -0.650. The van der Waals surface area contributed by atoms with Crippen LogP contribution in [-0.4, -0.2) is 43.2 Å². The average molecular weight is 477 g/mol. The molecule has 2 N–H and O–H groups in total. The Morgan fingerprint density at radius 3 is 2.58 bits per heavy atom. The number of aromatic hydroxyl groups is 1. The van der Waals surface area contributed by atoms with Crippen LogP contribution in [0.15, 0.2) is 47.5 Å². The molecule has 0 spiro atoms. The molecule has 2 aromatic carbocycles. The summed E-state index contributed by atoms with van der Waals surface area (Å²) in [6.07, 6.45) is 0. The zero-order valence-corrected chi connectivity index (χ0v) is 16.9. The second-order valence-corrected chi connectivity index (χ2v) is 5.39. The number of halogens is 3. The zero-order chi connectivity index (χ0) is 18.2. The van der Waals surface area contributed by atoms with Crippen LogP contribution in [0.5, 0.6) is 11.5 Å². The molecule has 0 aliphatic carbocycles. The molecule has 0 saturated carbocycles. The number of phenols is 1. The standard InChI is InChI=1S/C18H21F2N3O2.HI/c1-21-18(22-12-13-7-8-16(24)15(20)11-13)23(2)9-10-25-17-6-4-3-5-14(17)19;/h3-8,11,24H,9-10,12H2,1-2H3,(H,21,22);1H.